The predicted molar refractivity (Wildman–Crippen MR) is 113 cm³/mol. The third-order valence-corrected chi connectivity index (χ3v) is 5.85. The van der Waals surface area contributed by atoms with Crippen LogP contribution in [0.1, 0.15) is 12.0 Å². The zero-order valence-electron chi connectivity index (χ0n) is 16.5. The number of carbonyl (C=O) groups is 1. The van der Waals surface area contributed by atoms with Gasteiger partial charge in [-0.15, -0.1) is 0 Å². The zero-order chi connectivity index (χ0) is 22.4. The van der Waals surface area contributed by atoms with Gasteiger partial charge in [0.1, 0.15) is 10.6 Å². The summed E-state index contributed by atoms with van der Waals surface area (Å²) in [6.07, 6.45) is 3.50. The molecule has 0 unspecified atom stereocenters. The van der Waals surface area contributed by atoms with E-state index in [1.54, 1.807) is 36.7 Å². The first kappa shape index (κ1) is 21.9. The highest BCUT2D eigenvalue weighted by Crippen LogP contribution is 2.36. The van der Waals surface area contributed by atoms with Gasteiger partial charge in [0.2, 0.25) is 5.91 Å². The van der Waals surface area contributed by atoms with Crippen LogP contribution in [0.15, 0.2) is 71.9 Å². The number of non-ortho nitro benzene ring substituents is 1. The maximum absolute atomic E-state index is 12.9. The maximum atomic E-state index is 12.9. The number of sulfonamides is 1. The average molecular weight is 441 g/mol. The van der Waals surface area contributed by atoms with Crippen molar-refractivity contribution in [3.05, 3.63) is 82.7 Å². The molecule has 1 N–H and O–H groups in total. The standard InChI is InChI=1S/C21H19N3O6S/c1-30-21-18(16-6-2-7-17(13-16)24(26)27)8-3-9-19(21)31(28,29)23-20(25)11-10-15-5-4-12-22-14-15/h2-9,12-14H,10-11H2,1H3,(H,23,25). The lowest BCUT2D eigenvalue weighted by Crippen LogP contribution is -2.31. The lowest BCUT2D eigenvalue weighted by molar-refractivity contribution is -0.384. The van der Waals surface area contributed by atoms with E-state index in [1.165, 1.54) is 37.4 Å². The maximum Gasteiger partial charge on any atom is 0.270 e. The summed E-state index contributed by atoms with van der Waals surface area (Å²) < 4.78 is 33.1. The first-order valence-corrected chi connectivity index (χ1v) is 10.7. The smallest absolute Gasteiger partial charge is 0.270 e. The second-order valence-electron chi connectivity index (χ2n) is 6.53. The van der Waals surface area contributed by atoms with Crippen molar-refractivity contribution in [1.82, 2.24) is 9.71 Å². The molecule has 0 fully saturated rings. The quantitative estimate of drug-likeness (QED) is 0.420. The molecular weight excluding hydrogens is 422 g/mol. The number of nitro groups is 1. The van der Waals surface area contributed by atoms with Gasteiger partial charge < -0.3 is 4.74 Å². The van der Waals surface area contributed by atoms with E-state index in [1.807, 2.05) is 0 Å². The molecule has 1 heterocycles. The fraction of sp³-hybridized carbons (Fsp3) is 0.143. The van der Waals surface area contributed by atoms with Crippen molar-refractivity contribution >= 4 is 21.6 Å². The Kier molecular flexibility index (Phi) is 6.61. The van der Waals surface area contributed by atoms with Gasteiger partial charge in [-0.2, -0.15) is 0 Å². The molecule has 0 radical (unpaired) electrons. The van der Waals surface area contributed by atoms with Gasteiger partial charge in [0.25, 0.3) is 15.7 Å². The number of hydrogen-bond acceptors (Lipinski definition) is 7. The number of pyridine rings is 1. The molecular formula is C21H19N3O6S. The normalized spacial score (nSPS) is 11.0. The molecule has 3 aromatic rings. The first-order chi connectivity index (χ1) is 14.8. The van der Waals surface area contributed by atoms with Crippen molar-refractivity contribution in [2.24, 2.45) is 0 Å². The van der Waals surface area contributed by atoms with Gasteiger partial charge >= 0.3 is 0 Å². The molecule has 10 heteroatoms. The van der Waals surface area contributed by atoms with E-state index in [0.717, 1.165) is 5.56 Å². The summed E-state index contributed by atoms with van der Waals surface area (Å²) in [5, 5.41) is 11.1. The Morgan fingerprint density at radius 2 is 1.94 bits per heavy atom. The SMILES string of the molecule is COc1c(-c2cccc([N+](=O)[O-])c2)cccc1S(=O)(=O)NC(=O)CCc1cccnc1. The van der Waals surface area contributed by atoms with Crippen LogP contribution < -0.4 is 9.46 Å². The number of methoxy groups -OCH3 is 1. The Balaban J connectivity index is 1.87. The van der Waals surface area contributed by atoms with Crippen LogP contribution in [0, 0.1) is 10.1 Å². The Labute approximate surface area is 178 Å². The highest BCUT2D eigenvalue weighted by molar-refractivity contribution is 7.90. The molecule has 3 rings (SSSR count). The van der Waals surface area contributed by atoms with Gasteiger partial charge in [-0.05, 0) is 29.7 Å². The third kappa shape index (κ3) is 5.23. The summed E-state index contributed by atoms with van der Waals surface area (Å²) in [5.41, 5.74) is 1.42. The van der Waals surface area contributed by atoms with Gasteiger partial charge in [0, 0.05) is 36.5 Å². The van der Waals surface area contributed by atoms with Crippen molar-refractivity contribution in [3.63, 3.8) is 0 Å². The van der Waals surface area contributed by atoms with Crippen LogP contribution in [0.4, 0.5) is 5.69 Å². The number of ether oxygens (including phenoxy) is 1. The molecule has 0 aliphatic heterocycles. The number of nitrogens with one attached hydrogen (secondary N) is 1. The van der Waals surface area contributed by atoms with Crippen LogP contribution >= 0.6 is 0 Å². The number of amides is 1. The number of rotatable bonds is 8. The average Bonchev–Trinajstić information content (AvgIpc) is 2.77. The molecule has 0 saturated heterocycles. The summed E-state index contributed by atoms with van der Waals surface area (Å²) in [7, 11) is -2.95. The number of hydrogen-bond donors (Lipinski definition) is 1. The lowest BCUT2D eigenvalue weighted by Gasteiger charge is -2.14. The number of aromatic nitrogens is 1. The zero-order valence-corrected chi connectivity index (χ0v) is 17.3. The van der Waals surface area contributed by atoms with E-state index in [-0.39, 0.29) is 22.8 Å². The van der Waals surface area contributed by atoms with E-state index in [9.17, 15) is 23.3 Å². The fourth-order valence-electron chi connectivity index (χ4n) is 3.01. The van der Waals surface area contributed by atoms with Crippen LogP contribution in [-0.4, -0.2) is 31.3 Å². The monoisotopic (exact) mass is 441 g/mol. The first-order valence-electron chi connectivity index (χ1n) is 9.18. The van der Waals surface area contributed by atoms with Crippen molar-refractivity contribution in [1.29, 1.82) is 0 Å². The molecule has 0 aliphatic rings. The second-order valence-corrected chi connectivity index (χ2v) is 8.19. The summed E-state index contributed by atoms with van der Waals surface area (Å²) >= 11 is 0. The summed E-state index contributed by atoms with van der Waals surface area (Å²) in [6, 6.07) is 13.6. The predicted octanol–water partition coefficient (Wildman–Crippen LogP) is 3.10. The van der Waals surface area contributed by atoms with Crippen molar-refractivity contribution in [2.45, 2.75) is 17.7 Å². The summed E-state index contributed by atoms with van der Waals surface area (Å²) in [6.45, 7) is 0. The highest BCUT2D eigenvalue weighted by Gasteiger charge is 2.25. The van der Waals surface area contributed by atoms with E-state index in [2.05, 4.69) is 9.71 Å². The molecule has 0 atom stereocenters. The molecule has 0 saturated carbocycles. The second kappa shape index (κ2) is 9.35. The van der Waals surface area contributed by atoms with E-state index >= 15 is 0 Å². The third-order valence-electron chi connectivity index (χ3n) is 4.45. The molecule has 0 aliphatic carbocycles. The number of para-hydroxylation sites is 1. The molecule has 1 amide bonds. The van der Waals surface area contributed by atoms with E-state index in [0.29, 0.717) is 17.5 Å². The molecule has 9 nitrogen and oxygen atoms in total. The number of benzene rings is 2. The Morgan fingerprint density at radius 3 is 2.61 bits per heavy atom. The minimum Gasteiger partial charge on any atom is -0.495 e. The summed E-state index contributed by atoms with van der Waals surface area (Å²) in [5.74, 6) is -0.692. The minimum atomic E-state index is -4.24. The van der Waals surface area contributed by atoms with Gasteiger partial charge in [-0.25, -0.2) is 13.1 Å². The highest BCUT2D eigenvalue weighted by atomic mass is 32.2. The van der Waals surface area contributed by atoms with Crippen LogP contribution in [-0.2, 0) is 21.2 Å². The summed E-state index contributed by atoms with van der Waals surface area (Å²) in [4.78, 5) is 26.5. The number of aryl methyl sites for hydroxylation is 1. The van der Waals surface area contributed by atoms with Crippen molar-refractivity contribution in [3.8, 4) is 16.9 Å². The van der Waals surface area contributed by atoms with Crippen LogP contribution in [0.2, 0.25) is 0 Å². The van der Waals surface area contributed by atoms with Crippen molar-refractivity contribution < 1.29 is 22.9 Å². The molecule has 160 valence electrons. The van der Waals surface area contributed by atoms with E-state index in [4.69, 9.17) is 4.74 Å². The molecule has 1 aromatic heterocycles. The minimum absolute atomic E-state index is 0.0180. The van der Waals surface area contributed by atoms with Gasteiger partial charge in [0.05, 0.1) is 12.0 Å². The molecule has 0 spiro atoms. The Bertz CT molecular complexity index is 1210. The topological polar surface area (TPSA) is 128 Å². The van der Waals surface area contributed by atoms with Crippen LogP contribution in [0.5, 0.6) is 5.75 Å². The molecule has 2 aromatic carbocycles. The number of carbonyl (C=O) groups excluding carboxylic acids is 1. The molecule has 0 bridgehead atoms. The van der Waals surface area contributed by atoms with E-state index < -0.39 is 20.9 Å². The fourth-order valence-corrected chi connectivity index (χ4v) is 4.22. The Hall–Kier alpha value is -3.79. The van der Waals surface area contributed by atoms with Crippen molar-refractivity contribution in [2.75, 3.05) is 7.11 Å². The largest absolute Gasteiger partial charge is 0.495 e. The number of nitro benzene ring substituents is 1. The van der Waals surface area contributed by atoms with Crippen LogP contribution in [0.25, 0.3) is 11.1 Å². The Morgan fingerprint density at radius 1 is 1.16 bits per heavy atom. The van der Waals surface area contributed by atoms with Gasteiger partial charge in [-0.1, -0.05) is 30.3 Å². The van der Waals surface area contributed by atoms with Crippen LogP contribution in [0.3, 0.4) is 0 Å². The number of nitrogens with zero attached hydrogens (tertiary/aromatic N) is 2. The molecule has 31 heavy (non-hydrogen) atoms. The van der Waals surface area contributed by atoms with Gasteiger partial charge in [-0.3, -0.25) is 19.9 Å². The lowest BCUT2D eigenvalue weighted by atomic mass is 10.0. The van der Waals surface area contributed by atoms with Gasteiger partial charge in [0.15, 0.2) is 0 Å².